The van der Waals surface area contributed by atoms with Crippen molar-refractivity contribution in [3.05, 3.63) is 12.2 Å². The molecule has 3 nitrogen and oxygen atoms in total. The van der Waals surface area contributed by atoms with Gasteiger partial charge in [-0.2, -0.15) is 0 Å². The highest BCUT2D eigenvalue weighted by atomic mass is 16.3. The summed E-state index contributed by atoms with van der Waals surface area (Å²) < 4.78 is 0.714. The Labute approximate surface area is 195 Å². The third-order valence-electron chi connectivity index (χ3n) is 7.25. The van der Waals surface area contributed by atoms with Gasteiger partial charge in [-0.25, -0.2) is 4.99 Å². The zero-order valence-corrected chi connectivity index (χ0v) is 21.4. The van der Waals surface area contributed by atoms with Crippen molar-refractivity contribution in [1.29, 1.82) is 0 Å². The molecule has 1 aliphatic heterocycles. The van der Waals surface area contributed by atoms with Gasteiger partial charge in [0.25, 0.3) is 0 Å². The molecule has 1 aliphatic rings. The van der Waals surface area contributed by atoms with E-state index in [4.69, 9.17) is 4.99 Å². The minimum Gasteiger partial charge on any atom is -0.345 e. The largest absolute Gasteiger partial charge is 0.345 e. The standard InChI is InChI=1S/C28H55N2O/c1-4-6-7-8-9-10-11-12-13-14-15-16-17-18-19-20-21-22-23-24-28-29-25-26-30(28,5-2)27(3)31/h15-16,27,31H,4-14,17-26H2,1-3H3/q+1/b16-15+. The van der Waals surface area contributed by atoms with Crippen molar-refractivity contribution in [2.75, 3.05) is 19.6 Å². The summed E-state index contributed by atoms with van der Waals surface area (Å²) in [5.74, 6) is 1.25. The van der Waals surface area contributed by atoms with Gasteiger partial charge < -0.3 is 5.11 Å². The maximum absolute atomic E-state index is 10.2. The van der Waals surface area contributed by atoms with E-state index >= 15 is 0 Å². The number of quaternary nitrogens is 1. The lowest BCUT2D eigenvalue weighted by Gasteiger charge is -2.36. The number of amidine groups is 1. The second-order valence-corrected chi connectivity index (χ2v) is 9.75. The predicted octanol–water partition coefficient (Wildman–Crippen LogP) is 8.17. The predicted molar refractivity (Wildman–Crippen MR) is 138 cm³/mol. The van der Waals surface area contributed by atoms with Crippen LogP contribution in [0, 0.1) is 0 Å². The molecule has 0 fully saturated rings. The van der Waals surface area contributed by atoms with Gasteiger partial charge in [-0.1, -0.05) is 96.1 Å². The number of aliphatic hydroxyl groups is 1. The van der Waals surface area contributed by atoms with Gasteiger partial charge in [0.1, 0.15) is 6.54 Å². The summed E-state index contributed by atoms with van der Waals surface area (Å²) in [5.41, 5.74) is 0. The lowest BCUT2D eigenvalue weighted by atomic mass is 10.1. The number of allylic oxidation sites excluding steroid dienone is 2. The number of rotatable bonds is 21. The molecule has 2 atom stereocenters. The van der Waals surface area contributed by atoms with E-state index in [1.165, 1.54) is 115 Å². The Morgan fingerprint density at radius 2 is 1.26 bits per heavy atom. The first-order valence-electron chi connectivity index (χ1n) is 13.9. The normalized spacial score (nSPS) is 19.9. The number of aliphatic hydroxyl groups excluding tert-OH is 1. The van der Waals surface area contributed by atoms with Gasteiger partial charge >= 0.3 is 0 Å². The van der Waals surface area contributed by atoms with E-state index in [0.29, 0.717) is 4.48 Å². The van der Waals surface area contributed by atoms with Crippen LogP contribution in [0.15, 0.2) is 17.1 Å². The van der Waals surface area contributed by atoms with E-state index in [1.54, 1.807) is 0 Å². The van der Waals surface area contributed by atoms with Crippen molar-refractivity contribution in [2.24, 2.45) is 4.99 Å². The van der Waals surface area contributed by atoms with Crippen LogP contribution in [0.25, 0.3) is 0 Å². The molecule has 0 aromatic heterocycles. The molecule has 0 aliphatic carbocycles. The average Bonchev–Trinajstić information content (AvgIpc) is 3.19. The monoisotopic (exact) mass is 435 g/mol. The Bertz CT molecular complexity index is 472. The summed E-state index contributed by atoms with van der Waals surface area (Å²) in [5, 5.41) is 10.2. The number of hydrogen-bond acceptors (Lipinski definition) is 2. The number of unbranched alkanes of at least 4 members (excludes halogenated alkanes) is 15. The van der Waals surface area contributed by atoms with Crippen LogP contribution in [0.2, 0.25) is 0 Å². The SMILES string of the molecule is CCCCCCCCCCC/C=C/CCCCCCCCC1=NCC[N+]1(CC)C(C)O. The van der Waals surface area contributed by atoms with Crippen molar-refractivity contribution < 1.29 is 9.59 Å². The van der Waals surface area contributed by atoms with Gasteiger partial charge in [-0.15, -0.1) is 0 Å². The van der Waals surface area contributed by atoms with Gasteiger partial charge in [-0.05, 0) is 39.0 Å². The summed E-state index contributed by atoms with van der Waals surface area (Å²) in [6, 6.07) is 0. The highest BCUT2D eigenvalue weighted by Crippen LogP contribution is 2.23. The third-order valence-corrected chi connectivity index (χ3v) is 7.25. The van der Waals surface area contributed by atoms with E-state index in [0.717, 1.165) is 26.1 Å². The molecular weight excluding hydrogens is 380 g/mol. The van der Waals surface area contributed by atoms with Crippen molar-refractivity contribution in [3.8, 4) is 0 Å². The Morgan fingerprint density at radius 1 is 0.774 bits per heavy atom. The molecule has 0 bridgehead atoms. The summed E-state index contributed by atoms with van der Waals surface area (Å²) in [7, 11) is 0. The maximum atomic E-state index is 10.2. The minimum absolute atomic E-state index is 0.320. The molecule has 0 amide bonds. The number of nitrogens with zero attached hydrogens (tertiary/aromatic N) is 2. The third kappa shape index (κ3) is 12.2. The molecule has 0 spiro atoms. The molecule has 31 heavy (non-hydrogen) atoms. The summed E-state index contributed by atoms with van der Waals surface area (Å²) >= 11 is 0. The van der Waals surface area contributed by atoms with E-state index in [9.17, 15) is 5.11 Å². The smallest absolute Gasteiger partial charge is 0.200 e. The van der Waals surface area contributed by atoms with Crippen molar-refractivity contribution in [3.63, 3.8) is 0 Å². The van der Waals surface area contributed by atoms with Crippen LogP contribution in [0.1, 0.15) is 136 Å². The Morgan fingerprint density at radius 3 is 1.74 bits per heavy atom. The zero-order chi connectivity index (χ0) is 22.6. The van der Waals surface area contributed by atoms with Gasteiger partial charge in [0.2, 0.25) is 5.84 Å². The fourth-order valence-corrected chi connectivity index (χ4v) is 5.00. The molecule has 1 rings (SSSR count). The highest BCUT2D eigenvalue weighted by Gasteiger charge is 2.40. The molecule has 0 saturated carbocycles. The number of aliphatic imine (C=N–C) groups is 1. The van der Waals surface area contributed by atoms with E-state index in [-0.39, 0.29) is 6.23 Å². The van der Waals surface area contributed by atoms with Crippen LogP contribution in [-0.4, -0.2) is 41.3 Å². The van der Waals surface area contributed by atoms with Gasteiger partial charge in [0, 0.05) is 13.3 Å². The highest BCUT2D eigenvalue weighted by molar-refractivity contribution is 5.76. The van der Waals surface area contributed by atoms with Gasteiger partial charge in [0.15, 0.2) is 6.23 Å². The lowest BCUT2D eigenvalue weighted by Crippen LogP contribution is -2.56. The van der Waals surface area contributed by atoms with E-state index in [2.05, 4.69) is 26.0 Å². The molecule has 3 heteroatoms. The average molecular weight is 436 g/mol. The second kappa shape index (κ2) is 18.9. The first-order valence-corrected chi connectivity index (χ1v) is 13.9. The van der Waals surface area contributed by atoms with Crippen LogP contribution in [-0.2, 0) is 0 Å². The van der Waals surface area contributed by atoms with Crippen molar-refractivity contribution >= 4 is 5.84 Å². The summed E-state index contributed by atoms with van der Waals surface area (Å²) in [6.07, 6.45) is 28.9. The molecule has 182 valence electrons. The molecule has 1 heterocycles. The van der Waals surface area contributed by atoms with Gasteiger partial charge in [-0.3, -0.25) is 4.48 Å². The van der Waals surface area contributed by atoms with E-state index < -0.39 is 0 Å². The van der Waals surface area contributed by atoms with Crippen LogP contribution in [0.5, 0.6) is 0 Å². The quantitative estimate of drug-likeness (QED) is 0.110. The maximum Gasteiger partial charge on any atom is 0.200 e. The topological polar surface area (TPSA) is 32.6 Å². The first-order chi connectivity index (χ1) is 15.2. The fourth-order valence-electron chi connectivity index (χ4n) is 5.00. The molecule has 0 saturated heterocycles. The lowest BCUT2D eigenvalue weighted by molar-refractivity contribution is -0.882. The van der Waals surface area contributed by atoms with E-state index in [1.807, 2.05) is 6.92 Å². The number of hydrogen-bond donors (Lipinski definition) is 1. The molecule has 0 aromatic carbocycles. The van der Waals surface area contributed by atoms with Gasteiger partial charge in [0.05, 0.1) is 13.1 Å². The molecule has 2 unspecified atom stereocenters. The first kappa shape index (κ1) is 28.4. The molecule has 1 N–H and O–H groups in total. The van der Waals surface area contributed by atoms with Crippen LogP contribution in [0.3, 0.4) is 0 Å². The van der Waals surface area contributed by atoms with Crippen LogP contribution < -0.4 is 0 Å². The Balaban J connectivity index is 1.86. The van der Waals surface area contributed by atoms with Crippen molar-refractivity contribution in [1.82, 2.24) is 0 Å². The second-order valence-electron chi connectivity index (χ2n) is 9.75. The summed E-state index contributed by atoms with van der Waals surface area (Å²) in [4.78, 5) is 4.72. The van der Waals surface area contributed by atoms with Crippen molar-refractivity contribution in [2.45, 2.75) is 143 Å². The molecular formula is C28H55N2O+. The minimum atomic E-state index is -0.320. The summed E-state index contributed by atoms with van der Waals surface area (Å²) in [6.45, 7) is 9.23. The molecule has 0 radical (unpaired) electrons. The molecule has 0 aromatic rings. The number of likely N-dealkylation sites (N-methyl/N-ethyl adjacent to an activating group) is 1. The van der Waals surface area contributed by atoms with Crippen LogP contribution >= 0.6 is 0 Å². The fraction of sp³-hybridized carbons (Fsp3) is 0.893. The zero-order valence-electron chi connectivity index (χ0n) is 21.4. The Kier molecular flexibility index (Phi) is 17.3. The van der Waals surface area contributed by atoms with Crippen LogP contribution in [0.4, 0.5) is 0 Å². The Hall–Kier alpha value is -0.670.